The third-order valence-electron chi connectivity index (χ3n) is 2.74. The number of nitriles is 1. The molecule has 22 heavy (non-hydrogen) atoms. The maximum Gasteiger partial charge on any atom is 0.417 e. The number of hydrogen-bond donors (Lipinski definition) is 1. The highest BCUT2D eigenvalue weighted by Gasteiger charge is 2.35. The first-order valence-electron chi connectivity index (χ1n) is 5.73. The van der Waals surface area contributed by atoms with Crippen LogP contribution in [0.3, 0.4) is 0 Å². The van der Waals surface area contributed by atoms with Crippen molar-refractivity contribution in [3.63, 3.8) is 0 Å². The van der Waals surface area contributed by atoms with Crippen molar-refractivity contribution in [1.29, 1.82) is 5.26 Å². The summed E-state index contributed by atoms with van der Waals surface area (Å²) in [6.45, 7) is 0. The molecule has 0 aliphatic carbocycles. The van der Waals surface area contributed by atoms with Crippen LogP contribution in [0, 0.1) is 14.9 Å². The van der Waals surface area contributed by atoms with Crippen LogP contribution < -0.4 is 5.56 Å². The summed E-state index contributed by atoms with van der Waals surface area (Å²) in [4.78, 5) is 18.2. The minimum Gasteiger partial charge on any atom is -0.300 e. The Labute approximate surface area is 140 Å². The van der Waals surface area contributed by atoms with Gasteiger partial charge in [0.1, 0.15) is 11.6 Å². The van der Waals surface area contributed by atoms with Crippen molar-refractivity contribution in [1.82, 2.24) is 9.97 Å². The smallest absolute Gasteiger partial charge is 0.300 e. The maximum absolute atomic E-state index is 13.2. The Morgan fingerprint density at radius 3 is 2.64 bits per heavy atom. The molecule has 1 N–H and O–H groups in total. The van der Waals surface area contributed by atoms with E-state index in [0.29, 0.717) is 3.57 Å². The molecule has 0 fully saturated rings. The predicted molar refractivity (Wildman–Crippen MR) is 84.5 cm³/mol. The van der Waals surface area contributed by atoms with E-state index in [1.54, 1.807) is 34.9 Å². The highest BCUT2D eigenvalue weighted by atomic mass is 127. The van der Waals surface area contributed by atoms with E-state index in [-0.39, 0.29) is 16.4 Å². The molecule has 0 bridgehead atoms. The maximum atomic E-state index is 13.2. The number of rotatable bonds is 2. The van der Waals surface area contributed by atoms with E-state index in [9.17, 15) is 18.0 Å². The van der Waals surface area contributed by atoms with Crippen molar-refractivity contribution >= 4 is 34.4 Å². The molecule has 0 aliphatic heterocycles. The fourth-order valence-electron chi connectivity index (χ4n) is 1.81. The summed E-state index contributed by atoms with van der Waals surface area (Å²) in [6.07, 6.45) is -3.00. The van der Waals surface area contributed by atoms with Crippen LogP contribution in [0.1, 0.15) is 11.1 Å². The number of aromatic nitrogens is 2. The van der Waals surface area contributed by atoms with E-state index in [2.05, 4.69) is 9.97 Å². The number of nitrogens with zero attached hydrogens (tertiary/aromatic N) is 2. The van der Waals surface area contributed by atoms with Crippen LogP contribution in [-0.2, 0) is 6.18 Å². The van der Waals surface area contributed by atoms with Gasteiger partial charge in [-0.15, -0.1) is 0 Å². The standard InChI is InChI=1S/C13H7F3IN3OS/c1-22-12-19-10(8(5-18)11(21)20-12)7-3-2-6(17)4-9(7)13(14,15)16/h2-4H,1H3,(H,19,20,21). The van der Waals surface area contributed by atoms with Crippen LogP contribution >= 0.6 is 34.4 Å². The molecule has 1 heterocycles. The lowest BCUT2D eigenvalue weighted by molar-refractivity contribution is -0.137. The molecule has 1 aromatic carbocycles. The molecular weight excluding hydrogens is 430 g/mol. The molecule has 0 amide bonds. The molecule has 0 saturated heterocycles. The van der Waals surface area contributed by atoms with Crippen LogP contribution in [-0.4, -0.2) is 16.2 Å². The van der Waals surface area contributed by atoms with Crippen LogP contribution in [0.2, 0.25) is 0 Å². The summed E-state index contributed by atoms with van der Waals surface area (Å²) < 4.78 is 40.1. The number of alkyl halides is 3. The molecule has 0 saturated carbocycles. The molecule has 0 spiro atoms. The Morgan fingerprint density at radius 2 is 2.09 bits per heavy atom. The Bertz CT molecular complexity index is 827. The minimum absolute atomic E-state index is 0.144. The van der Waals surface area contributed by atoms with Gasteiger partial charge in [0.2, 0.25) is 0 Å². The van der Waals surface area contributed by atoms with Crippen LogP contribution in [0.25, 0.3) is 11.3 Å². The van der Waals surface area contributed by atoms with Gasteiger partial charge < -0.3 is 4.98 Å². The average Bonchev–Trinajstić information content (AvgIpc) is 2.45. The monoisotopic (exact) mass is 437 g/mol. The van der Waals surface area contributed by atoms with Gasteiger partial charge in [0.25, 0.3) is 5.56 Å². The molecular formula is C13H7F3IN3OS. The van der Waals surface area contributed by atoms with E-state index in [1.807, 2.05) is 0 Å². The van der Waals surface area contributed by atoms with Gasteiger partial charge in [-0.2, -0.15) is 18.4 Å². The zero-order valence-electron chi connectivity index (χ0n) is 11.0. The highest BCUT2D eigenvalue weighted by molar-refractivity contribution is 14.1. The van der Waals surface area contributed by atoms with Gasteiger partial charge in [-0.1, -0.05) is 17.8 Å². The lowest BCUT2D eigenvalue weighted by Gasteiger charge is -2.14. The molecule has 2 rings (SSSR count). The van der Waals surface area contributed by atoms with E-state index >= 15 is 0 Å². The Morgan fingerprint density at radius 1 is 1.41 bits per heavy atom. The fraction of sp³-hybridized carbons (Fsp3) is 0.154. The summed E-state index contributed by atoms with van der Waals surface area (Å²) in [7, 11) is 0. The molecule has 4 nitrogen and oxygen atoms in total. The second kappa shape index (κ2) is 6.29. The van der Waals surface area contributed by atoms with E-state index in [1.165, 1.54) is 12.1 Å². The number of aromatic amines is 1. The Balaban J connectivity index is 2.86. The molecule has 0 radical (unpaired) electrons. The largest absolute Gasteiger partial charge is 0.417 e. The number of hydrogen-bond acceptors (Lipinski definition) is 4. The lowest BCUT2D eigenvalue weighted by atomic mass is 10.0. The van der Waals surface area contributed by atoms with Crippen molar-refractivity contribution in [2.75, 3.05) is 6.26 Å². The zero-order chi connectivity index (χ0) is 16.5. The molecule has 0 unspecified atom stereocenters. The van der Waals surface area contributed by atoms with Gasteiger partial charge in [0, 0.05) is 9.13 Å². The second-order valence-electron chi connectivity index (χ2n) is 4.10. The Hall–Kier alpha value is -1.54. The predicted octanol–water partition coefficient (Wildman–Crippen LogP) is 3.65. The lowest BCUT2D eigenvalue weighted by Crippen LogP contribution is -2.16. The van der Waals surface area contributed by atoms with Gasteiger partial charge in [0.15, 0.2) is 5.16 Å². The van der Waals surface area contributed by atoms with Crippen LogP contribution in [0.5, 0.6) is 0 Å². The highest BCUT2D eigenvalue weighted by Crippen LogP contribution is 2.38. The van der Waals surface area contributed by atoms with Crippen molar-refractivity contribution in [2.24, 2.45) is 0 Å². The number of thioether (sulfide) groups is 1. The topological polar surface area (TPSA) is 69.5 Å². The number of nitrogens with one attached hydrogen (secondary N) is 1. The molecule has 1 aromatic heterocycles. The van der Waals surface area contributed by atoms with Crippen LogP contribution in [0.4, 0.5) is 13.2 Å². The van der Waals surface area contributed by atoms with Crippen molar-refractivity contribution < 1.29 is 13.2 Å². The van der Waals surface area contributed by atoms with Gasteiger partial charge >= 0.3 is 6.18 Å². The zero-order valence-corrected chi connectivity index (χ0v) is 13.9. The SMILES string of the molecule is CSc1nc(-c2ccc(I)cc2C(F)(F)F)c(C#N)c(=O)[nH]1. The molecule has 114 valence electrons. The van der Waals surface area contributed by atoms with Crippen LogP contribution in [0.15, 0.2) is 28.2 Å². The van der Waals surface area contributed by atoms with Gasteiger partial charge in [-0.05, 0) is 41.0 Å². The third-order valence-corrected chi connectivity index (χ3v) is 4.00. The third kappa shape index (κ3) is 3.27. The van der Waals surface area contributed by atoms with Crippen molar-refractivity contribution in [2.45, 2.75) is 11.3 Å². The molecule has 9 heteroatoms. The number of benzene rings is 1. The summed E-state index contributed by atoms with van der Waals surface area (Å²) >= 11 is 2.83. The average molecular weight is 437 g/mol. The Kier molecular flexibility index (Phi) is 4.81. The quantitative estimate of drug-likeness (QED) is 0.443. The van der Waals surface area contributed by atoms with Gasteiger partial charge in [0.05, 0.1) is 11.3 Å². The number of H-pyrrole nitrogens is 1. The first-order valence-corrected chi connectivity index (χ1v) is 8.03. The first kappa shape index (κ1) is 16.8. The summed E-state index contributed by atoms with van der Waals surface area (Å²) in [5.41, 5.74) is -2.68. The second-order valence-corrected chi connectivity index (χ2v) is 6.14. The summed E-state index contributed by atoms with van der Waals surface area (Å²) in [5, 5.41) is 9.22. The van der Waals surface area contributed by atoms with Gasteiger partial charge in [-0.3, -0.25) is 4.79 Å². The van der Waals surface area contributed by atoms with E-state index in [0.717, 1.165) is 17.8 Å². The minimum atomic E-state index is -4.62. The normalized spacial score (nSPS) is 11.3. The summed E-state index contributed by atoms with van der Waals surface area (Å²) in [6, 6.07) is 5.26. The van der Waals surface area contributed by atoms with Gasteiger partial charge in [-0.25, -0.2) is 4.98 Å². The van der Waals surface area contributed by atoms with E-state index < -0.39 is 22.9 Å². The molecule has 2 aromatic rings. The van der Waals surface area contributed by atoms with Crippen molar-refractivity contribution in [3.8, 4) is 17.3 Å². The fourth-order valence-corrected chi connectivity index (χ4v) is 2.67. The van der Waals surface area contributed by atoms with Crippen molar-refractivity contribution in [3.05, 3.63) is 43.2 Å². The molecule has 0 atom stereocenters. The first-order chi connectivity index (χ1) is 10.3. The van der Waals surface area contributed by atoms with E-state index in [4.69, 9.17) is 5.26 Å². The number of halogens is 4. The summed E-state index contributed by atoms with van der Waals surface area (Å²) in [5.74, 6) is 0. The molecule has 0 aliphatic rings.